The fraction of sp³-hybridized carbons (Fsp3) is 0.769. The van der Waals surface area contributed by atoms with Crippen molar-refractivity contribution in [1.82, 2.24) is 0 Å². The molecule has 0 aliphatic heterocycles. The van der Waals surface area contributed by atoms with E-state index in [4.69, 9.17) is 14.2 Å². The van der Waals surface area contributed by atoms with Crippen molar-refractivity contribution >= 4 is 17.9 Å². The minimum atomic E-state index is -0.778. The molecule has 410 valence electrons. The first-order chi connectivity index (χ1) is 35.0. The van der Waals surface area contributed by atoms with Gasteiger partial charge in [0.05, 0.1) is 0 Å². The highest BCUT2D eigenvalue weighted by Gasteiger charge is 2.19. The summed E-state index contributed by atoms with van der Waals surface area (Å²) in [5.74, 6) is -0.886. The molecule has 1 atom stereocenters. The van der Waals surface area contributed by atoms with Crippen LogP contribution in [0.25, 0.3) is 0 Å². The van der Waals surface area contributed by atoms with E-state index in [1.165, 1.54) is 167 Å². The van der Waals surface area contributed by atoms with E-state index in [1.54, 1.807) is 0 Å². The molecule has 0 heterocycles. The second kappa shape index (κ2) is 59.4. The maximum absolute atomic E-state index is 12.8. The van der Waals surface area contributed by atoms with Crippen LogP contribution >= 0.6 is 0 Å². The van der Waals surface area contributed by atoms with Crippen molar-refractivity contribution in [2.24, 2.45) is 0 Å². The van der Waals surface area contributed by atoms with E-state index in [0.717, 1.165) is 96.3 Å². The molecule has 0 spiro atoms. The number of hydrogen-bond acceptors (Lipinski definition) is 6. The van der Waals surface area contributed by atoms with Crippen molar-refractivity contribution < 1.29 is 28.6 Å². The van der Waals surface area contributed by atoms with E-state index in [0.29, 0.717) is 19.3 Å². The molecule has 0 saturated heterocycles. The summed E-state index contributed by atoms with van der Waals surface area (Å²) in [4.78, 5) is 38.0. The number of rotatable bonds is 55. The molecule has 0 aliphatic rings. The SMILES string of the molecule is CC/C=C\C/C=C\C/C=C\C/C=C\C/C=C\CCCCCCCCCC(=O)OCC(COC(=O)CCCCCCCCC)OC(=O)CCCCCCCCCCCCC/C=C\CCCCCCCCCC. The van der Waals surface area contributed by atoms with Crippen LogP contribution in [0.5, 0.6) is 0 Å². The zero-order valence-corrected chi connectivity index (χ0v) is 47.0. The minimum absolute atomic E-state index is 0.0775. The topological polar surface area (TPSA) is 78.9 Å². The van der Waals surface area contributed by atoms with E-state index in [1.807, 2.05) is 0 Å². The van der Waals surface area contributed by atoms with Crippen LogP contribution in [0.1, 0.15) is 303 Å². The highest BCUT2D eigenvalue weighted by atomic mass is 16.6. The van der Waals surface area contributed by atoms with E-state index in [-0.39, 0.29) is 31.1 Å². The third kappa shape index (κ3) is 57.6. The van der Waals surface area contributed by atoms with Crippen LogP contribution in [-0.4, -0.2) is 37.2 Å². The van der Waals surface area contributed by atoms with Crippen LogP contribution < -0.4 is 0 Å². The lowest BCUT2D eigenvalue weighted by molar-refractivity contribution is -0.167. The number of unbranched alkanes of at least 4 members (excludes halogenated alkanes) is 32. The second-order valence-electron chi connectivity index (χ2n) is 20.2. The summed E-state index contributed by atoms with van der Waals surface area (Å²) < 4.78 is 16.8. The molecule has 6 heteroatoms. The molecule has 0 saturated carbocycles. The van der Waals surface area contributed by atoms with Gasteiger partial charge in [-0.3, -0.25) is 14.4 Å². The lowest BCUT2D eigenvalue weighted by Crippen LogP contribution is -2.30. The van der Waals surface area contributed by atoms with Gasteiger partial charge in [0.15, 0.2) is 6.10 Å². The summed E-state index contributed by atoms with van der Waals surface area (Å²) in [5, 5.41) is 0. The molecule has 0 amide bonds. The molecule has 0 N–H and O–H groups in total. The van der Waals surface area contributed by atoms with E-state index < -0.39 is 6.10 Å². The second-order valence-corrected chi connectivity index (χ2v) is 20.2. The average Bonchev–Trinajstić information content (AvgIpc) is 3.37. The van der Waals surface area contributed by atoms with Crippen LogP contribution in [0.3, 0.4) is 0 Å². The first-order valence-electron chi connectivity index (χ1n) is 30.4. The zero-order chi connectivity index (χ0) is 51.4. The third-order valence-electron chi connectivity index (χ3n) is 13.2. The van der Waals surface area contributed by atoms with Gasteiger partial charge < -0.3 is 14.2 Å². The molecule has 0 rings (SSSR count). The summed E-state index contributed by atoms with van der Waals surface area (Å²) in [5.41, 5.74) is 0. The first-order valence-corrected chi connectivity index (χ1v) is 30.4. The summed E-state index contributed by atoms with van der Waals surface area (Å²) >= 11 is 0. The summed E-state index contributed by atoms with van der Waals surface area (Å²) in [6, 6.07) is 0. The van der Waals surface area contributed by atoms with Gasteiger partial charge in [-0.05, 0) is 89.9 Å². The van der Waals surface area contributed by atoms with E-state index in [2.05, 4.69) is 93.7 Å². The van der Waals surface area contributed by atoms with Crippen molar-refractivity contribution in [2.45, 2.75) is 309 Å². The third-order valence-corrected chi connectivity index (χ3v) is 13.2. The van der Waals surface area contributed by atoms with Gasteiger partial charge in [0.2, 0.25) is 0 Å². The van der Waals surface area contributed by atoms with Crippen LogP contribution in [-0.2, 0) is 28.6 Å². The number of hydrogen-bond donors (Lipinski definition) is 0. The maximum atomic E-state index is 12.8. The Balaban J connectivity index is 4.18. The average molecular weight is 992 g/mol. The van der Waals surface area contributed by atoms with Crippen molar-refractivity contribution in [2.75, 3.05) is 13.2 Å². The maximum Gasteiger partial charge on any atom is 0.306 e. The monoisotopic (exact) mass is 991 g/mol. The number of esters is 3. The highest BCUT2D eigenvalue weighted by Crippen LogP contribution is 2.16. The Morgan fingerprint density at radius 3 is 0.873 bits per heavy atom. The van der Waals surface area contributed by atoms with Crippen molar-refractivity contribution in [3.63, 3.8) is 0 Å². The fourth-order valence-corrected chi connectivity index (χ4v) is 8.64. The Morgan fingerprint density at radius 2 is 0.549 bits per heavy atom. The summed E-state index contributed by atoms with van der Waals surface area (Å²) in [7, 11) is 0. The van der Waals surface area contributed by atoms with Crippen LogP contribution in [0, 0.1) is 0 Å². The zero-order valence-electron chi connectivity index (χ0n) is 47.0. The molecule has 1 unspecified atom stereocenters. The molecular formula is C65H114O6. The van der Waals surface area contributed by atoms with Gasteiger partial charge in [-0.1, -0.05) is 267 Å². The molecule has 0 aromatic heterocycles. The molecule has 0 aromatic carbocycles. The van der Waals surface area contributed by atoms with Gasteiger partial charge in [0, 0.05) is 19.3 Å². The normalized spacial score (nSPS) is 12.5. The highest BCUT2D eigenvalue weighted by molar-refractivity contribution is 5.71. The van der Waals surface area contributed by atoms with Gasteiger partial charge in [0.1, 0.15) is 13.2 Å². The molecule has 0 fully saturated rings. The molecule has 71 heavy (non-hydrogen) atoms. The van der Waals surface area contributed by atoms with Crippen LogP contribution in [0.2, 0.25) is 0 Å². The Morgan fingerprint density at radius 1 is 0.296 bits per heavy atom. The van der Waals surface area contributed by atoms with E-state index in [9.17, 15) is 14.4 Å². The predicted octanol–water partition coefficient (Wildman–Crippen LogP) is 20.5. The van der Waals surface area contributed by atoms with Crippen molar-refractivity contribution in [3.05, 3.63) is 72.9 Å². The van der Waals surface area contributed by atoms with Gasteiger partial charge >= 0.3 is 17.9 Å². The van der Waals surface area contributed by atoms with Gasteiger partial charge in [-0.15, -0.1) is 0 Å². The molecule has 0 radical (unpaired) electrons. The van der Waals surface area contributed by atoms with Gasteiger partial charge in [0.25, 0.3) is 0 Å². The lowest BCUT2D eigenvalue weighted by Gasteiger charge is -2.18. The molecule has 0 bridgehead atoms. The fourth-order valence-electron chi connectivity index (χ4n) is 8.64. The predicted molar refractivity (Wildman–Crippen MR) is 307 cm³/mol. The van der Waals surface area contributed by atoms with E-state index >= 15 is 0 Å². The van der Waals surface area contributed by atoms with Crippen molar-refractivity contribution in [1.29, 1.82) is 0 Å². The number of ether oxygens (including phenoxy) is 3. The first kappa shape index (κ1) is 67.8. The molecular weight excluding hydrogens is 877 g/mol. The van der Waals surface area contributed by atoms with Crippen LogP contribution in [0.4, 0.5) is 0 Å². The van der Waals surface area contributed by atoms with Gasteiger partial charge in [-0.25, -0.2) is 0 Å². The number of carbonyl (C=O) groups is 3. The van der Waals surface area contributed by atoms with Gasteiger partial charge in [-0.2, -0.15) is 0 Å². The van der Waals surface area contributed by atoms with Crippen molar-refractivity contribution in [3.8, 4) is 0 Å². The Bertz CT molecular complexity index is 1320. The largest absolute Gasteiger partial charge is 0.462 e. The standard InChI is InChI=1S/C65H114O6/c1-4-7-10-13-16-18-20-22-24-26-28-30-32-34-36-38-40-42-44-46-49-52-55-58-64(67)70-61-62(60-69-63(66)57-54-51-48-15-12-9-6-3)71-65(68)59-56-53-50-47-45-43-41-39-37-35-33-31-29-27-25-23-21-19-17-14-11-8-5-2/h7,10,16,18,22,24,27-30,34,36,62H,4-6,8-9,11-15,17,19-21,23,25-26,31-33,35,37-61H2,1-3H3/b10-7-,18-16-,24-22-,29-27-,30-28-,36-34-. The Labute approximate surface area is 440 Å². The molecule has 0 aromatic rings. The number of allylic oxidation sites excluding steroid dienone is 12. The number of carbonyl (C=O) groups excluding carboxylic acids is 3. The molecule has 0 aliphatic carbocycles. The lowest BCUT2D eigenvalue weighted by atomic mass is 10.0. The Hall–Kier alpha value is -3.15. The van der Waals surface area contributed by atoms with Crippen LogP contribution in [0.15, 0.2) is 72.9 Å². The minimum Gasteiger partial charge on any atom is -0.462 e. The smallest absolute Gasteiger partial charge is 0.306 e. The summed E-state index contributed by atoms with van der Waals surface area (Å²) in [6.07, 6.45) is 76.4. The summed E-state index contributed by atoms with van der Waals surface area (Å²) in [6.45, 7) is 6.50. The Kier molecular flexibility index (Phi) is 56.8. The quantitative estimate of drug-likeness (QED) is 0.0261. The molecule has 6 nitrogen and oxygen atoms in total.